The summed E-state index contributed by atoms with van der Waals surface area (Å²) >= 11 is 5.81. The average molecular weight is 391 g/mol. The highest BCUT2D eigenvalue weighted by Gasteiger charge is 2.16. The summed E-state index contributed by atoms with van der Waals surface area (Å²) in [6, 6.07) is 13.5. The molecule has 27 heavy (non-hydrogen) atoms. The van der Waals surface area contributed by atoms with E-state index in [0.29, 0.717) is 35.2 Å². The monoisotopic (exact) mass is 390 g/mol. The second kappa shape index (κ2) is 9.28. The van der Waals surface area contributed by atoms with Crippen molar-refractivity contribution in [1.82, 2.24) is 5.32 Å². The zero-order valence-electron chi connectivity index (χ0n) is 15.5. The molecule has 0 bridgehead atoms. The first-order chi connectivity index (χ1) is 12.7. The van der Waals surface area contributed by atoms with Crippen molar-refractivity contribution in [2.45, 2.75) is 26.4 Å². The molecule has 0 unspecified atom stereocenters. The third-order valence-corrected chi connectivity index (χ3v) is 3.51. The predicted octanol–water partition coefficient (Wildman–Crippen LogP) is 4.50. The molecule has 0 radical (unpaired) electrons. The molecule has 2 amide bonds. The lowest BCUT2D eigenvalue weighted by Gasteiger charge is -2.19. The molecular formula is C20H23ClN2O4. The summed E-state index contributed by atoms with van der Waals surface area (Å²) in [6.45, 7) is 6.06. The van der Waals surface area contributed by atoms with E-state index in [0.717, 1.165) is 0 Å². The first kappa shape index (κ1) is 20.6. The minimum Gasteiger partial charge on any atom is -0.492 e. The molecule has 0 aliphatic carbocycles. The van der Waals surface area contributed by atoms with E-state index in [1.165, 1.54) is 0 Å². The quantitative estimate of drug-likeness (QED) is 0.712. The maximum Gasteiger partial charge on any atom is 0.412 e. The van der Waals surface area contributed by atoms with Crippen molar-refractivity contribution in [1.29, 1.82) is 0 Å². The smallest absolute Gasteiger partial charge is 0.412 e. The van der Waals surface area contributed by atoms with Gasteiger partial charge >= 0.3 is 6.09 Å². The van der Waals surface area contributed by atoms with Crippen LogP contribution in [-0.4, -0.2) is 30.8 Å². The summed E-state index contributed by atoms with van der Waals surface area (Å²) in [5, 5.41) is 6.03. The van der Waals surface area contributed by atoms with Crippen molar-refractivity contribution in [2.24, 2.45) is 0 Å². The third-order valence-electron chi connectivity index (χ3n) is 3.26. The first-order valence-corrected chi connectivity index (χ1v) is 8.87. The van der Waals surface area contributed by atoms with Crippen LogP contribution in [0, 0.1) is 0 Å². The van der Waals surface area contributed by atoms with Crippen molar-refractivity contribution < 1.29 is 19.1 Å². The van der Waals surface area contributed by atoms with Crippen LogP contribution in [-0.2, 0) is 4.74 Å². The lowest BCUT2D eigenvalue weighted by molar-refractivity contribution is 0.0635. The Morgan fingerprint density at radius 1 is 1.00 bits per heavy atom. The number of halogens is 1. The van der Waals surface area contributed by atoms with Crippen molar-refractivity contribution in [3.63, 3.8) is 0 Å². The molecule has 2 aromatic rings. The van der Waals surface area contributed by atoms with E-state index in [1.807, 2.05) is 0 Å². The number of hydrogen-bond acceptors (Lipinski definition) is 4. The molecule has 2 N–H and O–H groups in total. The third kappa shape index (κ3) is 7.58. The molecule has 0 spiro atoms. The van der Waals surface area contributed by atoms with Gasteiger partial charge < -0.3 is 14.8 Å². The zero-order chi connectivity index (χ0) is 19.9. The number of ether oxygens (including phenoxy) is 2. The van der Waals surface area contributed by atoms with Gasteiger partial charge in [-0.15, -0.1) is 0 Å². The fraction of sp³-hybridized carbons (Fsp3) is 0.300. The van der Waals surface area contributed by atoms with Crippen LogP contribution in [0.1, 0.15) is 31.1 Å². The normalized spacial score (nSPS) is 10.8. The van der Waals surface area contributed by atoms with Crippen LogP contribution < -0.4 is 15.4 Å². The maximum atomic E-state index is 12.1. The molecule has 0 aliphatic heterocycles. The van der Waals surface area contributed by atoms with E-state index in [1.54, 1.807) is 69.3 Å². The summed E-state index contributed by atoms with van der Waals surface area (Å²) in [5.74, 6) is 0.463. The predicted molar refractivity (Wildman–Crippen MR) is 106 cm³/mol. The van der Waals surface area contributed by atoms with Crippen molar-refractivity contribution in [2.75, 3.05) is 18.5 Å². The minimum absolute atomic E-state index is 0.224. The van der Waals surface area contributed by atoms with Gasteiger partial charge in [-0.2, -0.15) is 0 Å². The second-order valence-corrected chi connectivity index (χ2v) is 7.20. The van der Waals surface area contributed by atoms with Crippen molar-refractivity contribution >= 4 is 29.3 Å². The van der Waals surface area contributed by atoms with Gasteiger partial charge in [-0.1, -0.05) is 11.6 Å². The van der Waals surface area contributed by atoms with Gasteiger partial charge in [0.1, 0.15) is 18.0 Å². The summed E-state index contributed by atoms with van der Waals surface area (Å²) in [5.41, 5.74) is 0.459. The van der Waals surface area contributed by atoms with E-state index in [2.05, 4.69) is 10.6 Å². The highest BCUT2D eigenvalue weighted by atomic mass is 35.5. The lowest BCUT2D eigenvalue weighted by atomic mass is 10.2. The Kier molecular flexibility index (Phi) is 7.07. The number of rotatable bonds is 6. The SMILES string of the molecule is CC(C)(C)OC(=O)Nc1ccc(C(=O)NCCOc2ccc(Cl)cc2)cc1. The first-order valence-electron chi connectivity index (χ1n) is 8.49. The van der Waals surface area contributed by atoms with Gasteiger partial charge in [-0.25, -0.2) is 4.79 Å². The van der Waals surface area contributed by atoms with Gasteiger partial charge in [0.2, 0.25) is 0 Å². The number of anilines is 1. The van der Waals surface area contributed by atoms with Crippen LogP contribution in [0.15, 0.2) is 48.5 Å². The number of benzene rings is 2. The van der Waals surface area contributed by atoms with Crippen LogP contribution in [0.3, 0.4) is 0 Å². The highest BCUT2D eigenvalue weighted by Crippen LogP contribution is 2.15. The van der Waals surface area contributed by atoms with Gasteiger partial charge in [-0.3, -0.25) is 10.1 Å². The molecule has 0 fully saturated rings. The van der Waals surface area contributed by atoms with Gasteiger partial charge in [0.25, 0.3) is 5.91 Å². The van der Waals surface area contributed by atoms with E-state index in [-0.39, 0.29) is 5.91 Å². The highest BCUT2D eigenvalue weighted by molar-refractivity contribution is 6.30. The molecule has 0 aromatic heterocycles. The van der Waals surface area contributed by atoms with Gasteiger partial charge in [0.05, 0.1) is 6.54 Å². The molecule has 0 atom stereocenters. The number of carbonyl (C=O) groups is 2. The molecule has 0 saturated heterocycles. The molecule has 6 nitrogen and oxygen atoms in total. The number of carbonyl (C=O) groups excluding carboxylic acids is 2. The summed E-state index contributed by atoms with van der Waals surface area (Å²) in [4.78, 5) is 23.8. The van der Waals surface area contributed by atoms with Crippen molar-refractivity contribution in [3.8, 4) is 5.75 Å². The number of nitrogens with one attached hydrogen (secondary N) is 2. The number of amides is 2. The van der Waals surface area contributed by atoms with Crippen LogP contribution >= 0.6 is 11.6 Å². The van der Waals surface area contributed by atoms with Crippen molar-refractivity contribution in [3.05, 3.63) is 59.1 Å². The van der Waals surface area contributed by atoms with E-state index in [9.17, 15) is 9.59 Å². The topological polar surface area (TPSA) is 76.7 Å². The molecule has 2 rings (SSSR count). The zero-order valence-corrected chi connectivity index (χ0v) is 16.3. The summed E-state index contributed by atoms with van der Waals surface area (Å²) in [7, 11) is 0. The van der Waals surface area contributed by atoms with E-state index >= 15 is 0 Å². The largest absolute Gasteiger partial charge is 0.492 e. The van der Waals surface area contributed by atoms with Gasteiger partial charge in [0.15, 0.2) is 0 Å². The Hall–Kier alpha value is -2.73. The minimum atomic E-state index is -0.571. The summed E-state index contributed by atoms with van der Waals surface area (Å²) in [6.07, 6.45) is -0.543. The Balaban J connectivity index is 1.76. The van der Waals surface area contributed by atoms with Crippen LogP contribution in [0.4, 0.5) is 10.5 Å². The standard InChI is InChI=1S/C20H23ClN2O4/c1-20(2,3)27-19(25)23-16-8-4-14(5-9-16)18(24)22-12-13-26-17-10-6-15(21)7-11-17/h4-11H,12-13H2,1-3H3,(H,22,24)(H,23,25). The van der Waals surface area contributed by atoms with Crippen LogP contribution in [0.5, 0.6) is 5.75 Å². The number of hydrogen-bond donors (Lipinski definition) is 2. The van der Waals surface area contributed by atoms with E-state index in [4.69, 9.17) is 21.1 Å². The van der Waals surface area contributed by atoms with Gasteiger partial charge in [0, 0.05) is 16.3 Å². The molecule has 144 valence electrons. The van der Waals surface area contributed by atoms with Crippen LogP contribution in [0.25, 0.3) is 0 Å². The fourth-order valence-corrected chi connectivity index (χ4v) is 2.22. The molecule has 0 heterocycles. The van der Waals surface area contributed by atoms with E-state index < -0.39 is 11.7 Å². The maximum absolute atomic E-state index is 12.1. The Bertz CT molecular complexity index is 768. The molecule has 7 heteroatoms. The molecule has 2 aromatic carbocycles. The molecular weight excluding hydrogens is 368 g/mol. The fourth-order valence-electron chi connectivity index (χ4n) is 2.09. The lowest BCUT2D eigenvalue weighted by Crippen LogP contribution is -2.28. The Labute approximate surface area is 163 Å². The van der Waals surface area contributed by atoms with Crippen LogP contribution in [0.2, 0.25) is 5.02 Å². The Morgan fingerprint density at radius 2 is 1.63 bits per heavy atom. The average Bonchev–Trinajstić information content (AvgIpc) is 2.59. The second-order valence-electron chi connectivity index (χ2n) is 6.76. The summed E-state index contributed by atoms with van der Waals surface area (Å²) < 4.78 is 10.7. The Morgan fingerprint density at radius 3 is 2.22 bits per heavy atom. The molecule has 0 saturated carbocycles. The molecule has 0 aliphatic rings. The van der Waals surface area contributed by atoms with Gasteiger partial charge in [-0.05, 0) is 69.3 Å².